The van der Waals surface area contributed by atoms with Crippen molar-refractivity contribution in [1.29, 1.82) is 0 Å². The van der Waals surface area contributed by atoms with Crippen LogP contribution in [0.25, 0.3) is 0 Å². The van der Waals surface area contributed by atoms with E-state index in [9.17, 15) is 4.79 Å². The predicted molar refractivity (Wildman–Crippen MR) is 84.5 cm³/mol. The number of amides is 1. The van der Waals surface area contributed by atoms with Gasteiger partial charge in [-0.15, -0.1) is 11.3 Å². The van der Waals surface area contributed by atoms with E-state index in [0.29, 0.717) is 6.42 Å². The standard InChI is InChI=1S/C15H18ClN3OS/c1-18-12(7-8-17-18)13-4-2-3-9-19(13)15(20)10-11-5-6-14(16)21-11/h5-8,13H,2-4,9-10H2,1H3/t13-/m1/s1. The van der Waals surface area contributed by atoms with Crippen LogP contribution in [-0.4, -0.2) is 27.1 Å². The molecule has 0 spiro atoms. The van der Waals surface area contributed by atoms with Crippen LogP contribution in [0.3, 0.4) is 0 Å². The van der Waals surface area contributed by atoms with E-state index < -0.39 is 0 Å². The highest BCUT2D eigenvalue weighted by atomic mass is 35.5. The van der Waals surface area contributed by atoms with Gasteiger partial charge in [0, 0.05) is 24.7 Å². The topological polar surface area (TPSA) is 38.1 Å². The number of rotatable bonds is 3. The average Bonchev–Trinajstić information content (AvgIpc) is 3.07. The van der Waals surface area contributed by atoms with Crippen molar-refractivity contribution < 1.29 is 4.79 Å². The number of piperidine rings is 1. The summed E-state index contributed by atoms with van der Waals surface area (Å²) in [5.41, 5.74) is 1.12. The Morgan fingerprint density at radius 1 is 1.43 bits per heavy atom. The van der Waals surface area contributed by atoms with Crippen molar-refractivity contribution in [3.8, 4) is 0 Å². The number of hydrogen-bond donors (Lipinski definition) is 0. The van der Waals surface area contributed by atoms with Crippen LogP contribution in [0, 0.1) is 0 Å². The molecule has 1 atom stereocenters. The fraction of sp³-hybridized carbons (Fsp3) is 0.467. The Hall–Kier alpha value is -1.33. The summed E-state index contributed by atoms with van der Waals surface area (Å²) in [7, 11) is 1.94. The maximum atomic E-state index is 12.7. The third-order valence-corrected chi connectivity index (χ3v) is 5.21. The first-order valence-corrected chi connectivity index (χ1v) is 8.36. The molecule has 6 heteroatoms. The fourth-order valence-corrected chi connectivity index (χ4v) is 4.02. The molecule has 0 aromatic carbocycles. The molecule has 21 heavy (non-hydrogen) atoms. The summed E-state index contributed by atoms with van der Waals surface area (Å²) in [5.74, 6) is 0.180. The van der Waals surface area contributed by atoms with Crippen molar-refractivity contribution in [2.45, 2.75) is 31.7 Å². The van der Waals surface area contributed by atoms with Gasteiger partial charge in [0.2, 0.25) is 5.91 Å². The van der Waals surface area contributed by atoms with Gasteiger partial charge >= 0.3 is 0 Å². The van der Waals surface area contributed by atoms with Crippen LogP contribution in [0.2, 0.25) is 4.34 Å². The first-order chi connectivity index (χ1) is 10.1. The van der Waals surface area contributed by atoms with Gasteiger partial charge in [0.1, 0.15) is 0 Å². The zero-order valence-electron chi connectivity index (χ0n) is 12.0. The van der Waals surface area contributed by atoms with Crippen LogP contribution in [-0.2, 0) is 18.3 Å². The molecule has 4 nitrogen and oxygen atoms in total. The molecule has 112 valence electrons. The predicted octanol–water partition coefficient (Wildman–Crippen LogP) is 3.43. The van der Waals surface area contributed by atoms with E-state index >= 15 is 0 Å². The van der Waals surface area contributed by atoms with E-state index in [0.717, 1.165) is 40.7 Å². The minimum absolute atomic E-state index is 0.147. The summed E-state index contributed by atoms with van der Waals surface area (Å²) in [4.78, 5) is 15.7. The van der Waals surface area contributed by atoms with Crippen LogP contribution < -0.4 is 0 Å². The van der Waals surface area contributed by atoms with Gasteiger partial charge in [0.25, 0.3) is 0 Å². The van der Waals surface area contributed by atoms with Crippen molar-refractivity contribution in [1.82, 2.24) is 14.7 Å². The highest BCUT2D eigenvalue weighted by Gasteiger charge is 2.29. The highest BCUT2D eigenvalue weighted by Crippen LogP contribution is 2.31. The van der Waals surface area contributed by atoms with E-state index in [1.54, 1.807) is 6.20 Å². The number of carbonyl (C=O) groups is 1. The smallest absolute Gasteiger partial charge is 0.228 e. The van der Waals surface area contributed by atoms with Gasteiger partial charge in [-0.05, 0) is 37.5 Å². The largest absolute Gasteiger partial charge is 0.334 e. The Labute approximate surface area is 133 Å². The number of hydrogen-bond acceptors (Lipinski definition) is 3. The van der Waals surface area contributed by atoms with Gasteiger partial charge in [-0.1, -0.05) is 11.6 Å². The number of halogens is 1. The lowest BCUT2D eigenvalue weighted by Gasteiger charge is -2.35. The Balaban J connectivity index is 1.77. The zero-order chi connectivity index (χ0) is 14.8. The summed E-state index contributed by atoms with van der Waals surface area (Å²) in [6, 6.07) is 5.95. The molecular formula is C15H18ClN3OS. The van der Waals surface area contributed by atoms with Crippen molar-refractivity contribution in [3.05, 3.63) is 39.3 Å². The van der Waals surface area contributed by atoms with E-state index in [1.165, 1.54) is 11.3 Å². The minimum Gasteiger partial charge on any atom is -0.334 e. The number of thiophene rings is 1. The molecule has 3 rings (SSSR count). The monoisotopic (exact) mass is 323 g/mol. The summed E-state index contributed by atoms with van der Waals surface area (Å²) in [6.45, 7) is 0.827. The number of aryl methyl sites for hydroxylation is 1. The maximum absolute atomic E-state index is 12.7. The Kier molecular flexibility index (Phi) is 4.31. The molecule has 1 fully saturated rings. The average molecular weight is 324 g/mol. The van der Waals surface area contributed by atoms with Crippen molar-refractivity contribution in [2.75, 3.05) is 6.54 Å². The third-order valence-electron chi connectivity index (χ3n) is 3.98. The summed E-state index contributed by atoms with van der Waals surface area (Å²) < 4.78 is 2.61. The van der Waals surface area contributed by atoms with Crippen molar-refractivity contribution >= 4 is 28.8 Å². The quantitative estimate of drug-likeness (QED) is 0.868. The molecule has 0 N–H and O–H groups in total. The molecule has 0 saturated carbocycles. The van der Waals surface area contributed by atoms with Gasteiger partial charge in [-0.25, -0.2) is 0 Å². The Morgan fingerprint density at radius 3 is 2.95 bits per heavy atom. The van der Waals surface area contributed by atoms with Crippen LogP contribution in [0.1, 0.15) is 35.9 Å². The molecule has 1 aliphatic rings. The third kappa shape index (κ3) is 3.14. The molecular weight excluding hydrogens is 306 g/mol. The van der Waals surface area contributed by atoms with Gasteiger partial charge in [0.15, 0.2) is 0 Å². The second-order valence-corrected chi connectivity index (χ2v) is 7.16. The Bertz CT molecular complexity index is 636. The molecule has 2 aromatic rings. The van der Waals surface area contributed by atoms with Crippen LogP contribution in [0.15, 0.2) is 24.4 Å². The molecule has 1 amide bonds. The number of aromatic nitrogens is 2. The van der Waals surface area contributed by atoms with Crippen LogP contribution in [0.4, 0.5) is 0 Å². The highest BCUT2D eigenvalue weighted by molar-refractivity contribution is 7.16. The van der Waals surface area contributed by atoms with Crippen LogP contribution in [0.5, 0.6) is 0 Å². The molecule has 0 bridgehead atoms. The molecule has 0 unspecified atom stereocenters. The molecule has 3 heterocycles. The van der Waals surface area contributed by atoms with E-state index in [4.69, 9.17) is 11.6 Å². The maximum Gasteiger partial charge on any atom is 0.228 e. The summed E-state index contributed by atoms with van der Waals surface area (Å²) >= 11 is 7.42. The first kappa shape index (κ1) is 14.6. The van der Waals surface area contributed by atoms with E-state index in [2.05, 4.69) is 5.10 Å². The number of carbonyl (C=O) groups excluding carboxylic acids is 1. The fourth-order valence-electron chi connectivity index (χ4n) is 2.95. The lowest BCUT2D eigenvalue weighted by Crippen LogP contribution is -2.40. The van der Waals surface area contributed by atoms with Gasteiger partial charge in [-0.2, -0.15) is 5.10 Å². The minimum atomic E-state index is 0.147. The number of nitrogens with zero attached hydrogens (tertiary/aromatic N) is 3. The second kappa shape index (κ2) is 6.20. The summed E-state index contributed by atoms with van der Waals surface area (Å²) in [6.07, 6.45) is 5.48. The molecule has 1 aliphatic heterocycles. The van der Waals surface area contributed by atoms with E-state index in [1.807, 2.05) is 34.8 Å². The first-order valence-electron chi connectivity index (χ1n) is 7.17. The summed E-state index contributed by atoms with van der Waals surface area (Å²) in [5, 5.41) is 4.24. The van der Waals surface area contributed by atoms with Gasteiger partial charge in [-0.3, -0.25) is 9.48 Å². The normalized spacial score (nSPS) is 19.0. The molecule has 0 aliphatic carbocycles. The van der Waals surface area contributed by atoms with Crippen molar-refractivity contribution in [3.63, 3.8) is 0 Å². The Morgan fingerprint density at radius 2 is 2.29 bits per heavy atom. The second-order valence-electron chi connectivity index (χ2n) is 5.36. The molecule has 1 saturated heterocycles. The van der Waals surface area contributed by atoms with Gasteiger partial charge < -0.3 is 4.90 Å². The van der Waals surface area contributed by atoms with Gasteiger partial charge in [0.05, 0.1) is 22.5 Å². The lowest BCUT2D eigenvalue weighted by atomic mass is 9.98. The number of likely N-dealkylation sites (tertiary alicyclic amines) is 1. The van der Waals surface area contributed by atoms with Crippen LogP contribution >= 0.6 is 22.9 Å². The molecule has 0 radical (unpaired) electrons. The zero-order valence-corrected chi connectivity index (χ0v) is 13.5. The molecule has 2 aromatic heterocycles. The van der Waals surface area contributed by atoms with E-state index in [-0.39, 0.29) is 11.9 Å². The lowest BCUT2D eigenvalue weighted by molar-refractivity contribution is -0.134. The van der Waals surface area contributed by atoms with Crippen molar-refractivity contribution in [2.24, 2.45) is 7.05 Å². The SMILES string of the molecule is Cn1nccc1[C@H]1CCCCN1C(=O)Cc1ccc(Cl)s1.